The maximum Gasteiger partial charge on any atom is 0.186 e. The lowest BCUT2D eigenvalue weighted by Gasteiger charge is -2.47. The van der Waals surface area contributed by atoms with Gasteiger partial charge in [0.25, 0.3) is 0 Å². The molecule has 1 aromatic carbocycles. The summed E-state index contributed by atoms with van der Waals surface area (Å²) in [5.41, 5.74) is 0.878. The summed E-state index contributed by atoms with van der Waals surface area (Å²) in [6, 6.07) is 9.55. The van der Waals surface area contributed by atoms with Crippen molar-refractivity contribution in [2.75, 3.05) is 6.61 Å². The van der Waals surface area contributed by atoms with E-state index in [4.69, 9.17) is 18.9 Å². The first-order chi connectivity index (χ1) is 12.2. The highest BCUT2D eigenvalue weighted by Gasteiger charge is 2.49. The van der Waals surface area contributed by atoms with Crippen LogP contribution in [0, 0.1) is 0 Å². The highest BCUT2D eigenvalue weighted by atomic mass is 16.8. The fourth-order valence-electron chi connectivity index (χ4n) is 3.86. The molecule has 138 valence electrons. The Bertz CT molecular complexity index is 544. The van der Waals surface area contributed by atoms with Gasteiger partial charge in [-0.3, -0.25) is 0 Å². The highest BCUT2D eigenvalue weighted by molar-refractivity contribution is 5.16. The molecule has 4 rings (SSSR count). The van der Waals surface area contributed by atoms with Crippen LogP contribution in [0.25, 0.3) is 0 Å². The molecule has 1 saturated carbocycles. The molecule has 0 radical (unpaired) electrons. The number of rotatable bonds is 3. The van der Waals surface area contributed by atoms with Crippen LogP contribution < -0.4 is 0 Å². The summed E-state index contributed by atoms with van der Waals surface area (Å²) in [5.74, 6) is 0. The van der Waals surface area contributed by atoms with Gasteiger partial charge in [0, 0.05) is 5.56 Å². The molecule has 3 fully saturated rings. The molecule has 6 atom stereocenters. The summed E-state index contributed by atoms with van der Waals surface area (Å²) < 4.78 is 23.5. The topological polar surface area (TPSA) is 77.4 Å². The maximum atomic E-state index is 10.5. The molecular formula is C19H26O6. The van der Waals surface area contributed by atoms with E-state index < -0.39 is 37.0 Å². The number of ether oxygens (including phenoxy) is 4. The van der Waals surface area contributed by atoms with E-state index in [2.05, 4.69) is 0 Å². The molecule has 1 aliphatic carbocycles. The molecule has 2 saturated heterocycles. The summed E-state index contributed by atoms with van der Waals surface area (Å²) in [6.45, 7) is 0.290. The fourth-order valence-corrected chi connectivity index (χ4v) is 3.86. The van der Waals surface area contributed by atoms with Crippen LogP contribution in [0.3, 0.4) is 0 Å². The van der Waals surface area contributed by atoms with Gasteiger partial charge in [-0.1, -0.05) is 49.6 Å². The molecule has 0 spiro atoms. The lowest BCUT2D eigenvalue weighted by Crippen LogP contribution is -2.62. The van der Waals surface area contributed by atoms with E-state index in [0.717, 1.165) is 31.2 Å². The van der Waals surface area contributed by atoms with Crippen molar-refractivity contribution in [2.24, 2.45) is 0 Å². The average Bonchev–Trinajstić information content (AvgIpc) is 2.67. The quantitative estimate of drug-likeness (QED) is 0.867. The SMILES string of the molecule is O[C@@H]1[C@@H](OC2CCCCC2)O[C@@H]2CO[C@@H](c3ccccc3)O[C@H]2[C@@H]1O. The minimum Gasteiger partial charge on any atom is -0.387 e. The Hall–Kier alpha value is -1.02. The van der Waals surface area contributed by atoms with E-state index in [-0.39, 0.29) is 6.10 Å². The lowest BCUT2D eigenvalue weighted by molar-refractivity contribution is -0.367. The minimum absolute atomic E-state index is 0.0830. The van der Waals surface area contributed by atoms with Crippen molar-refractivity contribution >= 4 is 0 Å². The summed E-state index contributed by atoms with van der Waals surface area (Å²) in [5, 5.41) is 21.0. The van der Waals surface area contributed by atoms with Gasteiger partial charge in [0.1, 0.15) is 24.4 Å². The van der Waals surface area contributed by atoms with Crippen LogP contribution in [0.4, 0.5) is 0 Å². The first kappa shape index (κ1) is 17.4. The van der Waals surface area contributed by atoms with Crippen LogP contribution in [-0.2, 0) is 18.9 Å². The molecular weight excluding hydrogens is 324 g/mol. The molecule has 0 aromatic heterocycles. The van der Waals surface area contributed by atoms with Crippen LogP contribution in [0.5, 0.6) is 0 Å². The van der Waals surface area contributed by atoms with Crippen molar-refractivity contribution in [3.8, 4) is 0 Å². The van der Waals surface area contributed by atoms with E-state index in [9.17, 15) is 10.2 Å². The normalized spacial score (nSPS) is 39.8. The second-order valence-corrected chi connectivity index (χ2v) is 7.10. The smallest absolute Gasteiger partial charge is 0.186 e. The van der Waals surface area contributed by atoms with Gasteiger partial charge in [0.15, 0.2) is 12.6 Å². The molecule has 3 aliphatic rings. The zero-order valence-electron chi connectivity index (χ0n) is 14.2. The van der Waals surface area contributed by atoms with E-state index in [1.54, 1.807) is 0 Å². The number of aliphatic hydroxyl groups is 2. The lowest BCUT2D eigenvalue weighted by atomic mass is 9.96. The second-order valence-electron chi connectivity index (χ2n) is 7.10. The number of benzene rings is 1. The van der Waals surface area contributed by atoms with Gasteiger partial charge >= 0.3 is 0 Å². The molecule has 2 heterocycles. The summed E-state index contributed by atoms with van der Waals surface area (Å²) in [4.78, 5) is 0. The number of fused-ring (bicyclic) bond motifs is 1. The molecule has 25 heavy (non-hydrogen) atoms. The van der Waals surface area contributed by atoms with Crippen LogP contribution in [0.2, 0.25) is 0 Å². The van der Waals surface area contributed by atoms with Gasteiger partial charge in [-0.25, -0.2) is 0 Å². The molecule has 0 bridgehead atoms. The van der Waals surface area contributed by atoms with Gasteiger partial charge in [-0.15, -0.1) is 0 Å². The molecule has 0 amide bonds. The van der Waals surface area contributed by atoms with Crippen LogP contribution >= 0.6 is 0 Å². The van der Waals surface area contributed by atoms with Crippen molar-refractivity contribution in [3.63, 3.8) is 0 Å². The van der Waals surface area contributed by atoms with Crippen molar-refractivity contribution in [1.29, 1.82) is 0 Å². The maximum absolute atomic E-state index is 10.5. The van der Waals surface area contributed by atoms with Crippen LogP contribution in [0.1, 0.15) is 44.0 Å². The Morgan fingerprint density at radius 2 is 1.68 bits per heavy atom. The third-order valence-corrected chi connectivity index (χ3v) is 5.28. The Morgan fingerprint density at radius 1 is 0.920 bits per heavy atom. The van der Waals surface area contributed by atoms with Gasteiger partial charge in [0.05, 0.1) is 12.7 Å². The van der Waals surface area contributed by atoms with Gasteiger partial charge in [-0.05, 0) is 12.8 Å². The van der Waals surface area contributed by atoms with Crippen molar-refractivity contribution in [1.82, 2.24) is 0 Å². The summed E-state index contributed by atoms with van der Waals surface area (Å²) in [7, 11) is 0. The average molecular weight is 350 g/mol. The van der Waals surface area contributed by atoms with E-state index >= 15 is 0 Å². The standard InChI is InChI=1S/C19H26O6/c20-15-16(21)19(23-13-9-5-2-6-10-13)24-14-11-22-18(25-17(14)15)12-7-3-1-4-8-12/h1,3-4,7-8,13-21H,2,5-6,9-11H2/t14-,15-,16+,17-,18-,19+/m1/s1. The fraction of sp³-hybridized carbons (Fsp3) is 0.684. The van der Waals surface area contributed by atoms with E-state index in [1.165, 1.54) is 6.42 Å². The third kappa shape index (κ3) is 3.74. The Morgan fingerprint density at radius 3 is 2.44 bits per heavy atom. The van der Waals surface area contributed by atoms with Crippen molar-refractivity contribution < 1.29 is 29.2 Å². The predicted octanol–water partition coefficient (Wildman–Crippen LogP) is 1.90. The largest absolute Gasteiger partial charge is 0.387 e. The predicted molar refractivity (Wildman–Crippen MR) is 88.6 cm³/mol. The van der Waals surface area contributed by atoms with E-state index in [0.29, 0.717) is 6.61 Å². The van der Waals surface area contributed by atoms with Gasteiger partial charge < -0.3 is 29.2 Å². The molecule has 2 aliphatic heterocycles. The molecule has 2 N–H and O–H groups in total. The highest BCUT2D eigenvalue weighted by Crippen LogP contribution is 2.35. The van der Waals surface area contributed by atoms with Crippen molar-refractivity contribution in [3.05, 3.63) is 35.9 Å². The Kier molecular flexibility index (Phi) is 5.36. The van der Waals surface area contributed by atoms with Gasteiger partial charge in [-0.2, -0.15) is 0 Å². The first-order valence-electron chi connectivity index (χ1n) is 9.21. The zero-order valence-corrected chi connectivity index (χ0v) is 14.2. The third-order valence-electron chi connectivity index (χ3n) is 5.28. The molecule has 1 aromatic rings. The van der Waals surface area contributed by atoms with Crippen molar-refractivity contribution in [2.45, 2.75) is 75.2 Å². The van der Waals surface area contributed by atoms with Crippen LogP contribution in [0.15, 0.2) is 30.3 Å². The number of aliphatic hydroxyl groups excluding tert-OH is 2. The second kappa shape index (κ2) is 7.70. The Labute approximate surface area is 147 Å². The summed E-state index contributed by atoms with van der Waals surface area (Å²) >= 11 is 0. The molecule has 0 unspecified atom stereocenters. The van der Waals surface area contributed by atoms with Crippen LogP contribution in [-0.4, -0.2) is 53.6 Å². The monoisotopic (exact) mass is 350 g/mol. The molecule has 6 heteroatoms. The van der Waals surface area contributed by atoms with Gasteiger partial charge in [0.2, 0.25) is 0 Å². The number of hydrogen-bond donors (Lipinski definition) is 2. The zero-order chi connectivity index (χ0) is 17.2. The Balaban J connectivity index is 1.40. The summed E-state index contributed by atoms with van der Waals surface area (Å²) in [6.07, 6.45) is 0.833. The number of hydrogen-bond acceptors (Lipinski definition) is 6. The minimum atomic E-state index is -1.13. The molecule has 6 nitrogen and oxygen atoms in total. The first-order valence-corrected chi connectivity index (χ1v) is 9.21. The van der Waals surface area contributed by atoms with E-state index in [1.807, 2.05) is 30.3 Å².